The van der Waals surface area contributed by atoms with Crippen molar-refractivity contribution < 1.29 is 0 Å². The van der Waals surface area contributed by atoms with Crippen LogP contribution in [0.5, 0.6) is 0 Å². The van der Waals surface area contributed by atoms with Crippen molar-refractivity contribution in [2.75, 3.05) is 24.5 Å². The van der Waals surface area contributed by atoms with Gasteiger partial charge in [0.25, 0.3) is 0 Å². The minimum atomic E-state index is 0.603. The molecule has 0 unspecified atom stereocenters. The Bertz CT molecular complexity index is 833. The smallest absolute Gasteiger partial charge is 0.0499 e. The number of nitrogens with one attached hydrogen (secondary N) is 1. The van der Waals surface area contributed by atoms with Crippen molar-refractivity contribution in [1.82, 2.24) is 5.32 Å². The van der Waals surface area contributed by atoms with Crippen LogP contribution in [0.15, 0.2) is 30.3 Å². The number of nitrogens with zero attached hydrogens (tertiary/aromatic N) is 1. The first-order valence-corrected chi connectivity index (χ1v) is 10.1. The maximum atomic E-state index is 6.52. The van der Waals surface area contributed by atoms with Crippen LogP contribution < -0.4 is 10.2 Å². The van der Waals surface area contributed by atoms with Crippen LogP contribution >= 0.6 is 23.2 Å². The quantitative estimate of drug-likeness (QED) is 0.733. The van der Waals surface area contributed by atoms with Crippen molar-refractivity contribution >= 4 is 28.9 Å². The lowest BCUT2D eigenvalue weighted by atomic mass is 9.87. The second kappa shape index (κ2) is 6.19. The van der Waals surface area contributed by atoms with Gasteiger partial charge in [-0.15, -0.1) is 0 Å². The zero-order valence-electron chi connectivity index (χ0n) is 14.2. The van der Waals surface area contributed by atoms with Gasteiger partial charge in [-0.3, -0.25) is 0 Å². The van der Waals surface area contributed by atoms with Crippen LogP contribution in [0.4, 0.5) is 5.69 Å². The molecule has 2 aromatic carbocycles. The summed E-state index contributed by atoms with van der Waals surface area (Å²) in [5, 5.41) is 5.03. The summed E-state index contributed by atoms with van der Waals surface area (Å²) >= 11 is 12.6. The Morgan fingerprint density at radius 1 is 1.08 bits per heavy atom. The molecule has 0 aliphatic carbocycles. The summed E-state index contributed by atoms with van der Waals surface area (Å²) in [6, 6.07) is 11.3. The van der Waals surface area contributed by atoms with E-state index in [2.05, 4.69) is 28.4 Å². The number of rotatable bonds is 1. The number of piperidine rings is 1. The molecule has 4 heteroatoms. The molecule has 5 rings (SSSR count). The first kappa shape index (κ1) is 16.0. The topological polar surface area (TPSA) is 15.3 Å². The molecule has 0 saturated carbocycles. The van der Waals surface area contributed by atoms with Gasteiger partial charge in [0.1, 0.15) is 0 Å². The fourth-order valence-corrected chi connectivity index (χ4v) is 5.52. The average molecular weight is 373 g/mol. The summed E-state index contributed by atoms with van der Waals surface area (Å²) in [5.74, 6) is 0.603. The first-order chi connectivity index (χ1) is 12.2. The lowest BCUT2D eigenvalue weighted by molar-refractivity contribution is 0.401. The second-order valence-corrected chi connectivity index (χ2v) is 8.36. The van der Waals surface area contributed by atoms with E-state index in [-0.39, 0.29) is 0 Å². The van der Waals surface area contributed by atoms with Crippen LogP contribution in [0, 0.1) is 0 Å². The van der Waals surface area contributed by atoms with Gasteiger partial charge in [-0.2, -0.15) is 0 Å². The monoisotopic (exact) mass is 372 g/mol. The molecule has 2 atom stereocenters. The van der Waals surface area contributed by atoms with E-state index >= 15 is 0 Å². The van der Waals surface area contributed by atoms with Crippen LogP contribution in [0.1, 0.15) is 36.3 Å². The molecule has 3 heterocycles. The molecular weight excluding hydrogens is 351 g/mol. The Kier molecular flexibility index (Phi) is 3.96. The summed E-state index contributed by atoms with van der Waals surface area (Å²) in [6.45, 7) is 3.44. The van der Waals surface area contributed by atoms with E-state index < -0.39 is 0 Å². The van der Waals surface area contributed by atoms with Crippen molar-refractivity contribution in [2.45, 2.75) is 37.6 Å². The lowest BCUT2D eigenvalue weighted by Crippen LogP contribution is -2.44. The Balaban J connectivity index is 1.69. The molecule has 3 aliphatic heterocycles. The van der Waals surface area contributed by atoms with Crippen molar-refractivity contribution in [3.8, 4) is 11.1 Å². The number of anilines is 1. The third kappa shape index (κ3) is 2.58. The van der Waals surface area contributed by atoms with Crippen molar-refractivity contribution in [3.63, 3.8) is 0 Å². The van der Waals surface area contributed by atoms with E-state index in [1.54, 1.807) is 0 Å². The molecule has 25 heavy (non-hydrogen) atoms. The largest absolute Gasteiger partial charge is 0.367 e. The third-order valence-electron chi connectivity index (χ3n) is 6.09. The summed E-state index contributed by atoms with van der Waals surface area (Å²) in [5.41, 5.74) is 6.89. The molecule has 0 radical (unpaired) electrons. The van der Waals surface area contributed by atoms with Crippen LogP contribution in [-0.2, 0) is 6.42 Å². The molecule has 0 spiro atoms. The van der Waals surface area contributed by atoms with Crippen LogP contribution in [-0.4, -0.2) is 25.7 Å². The number of halogens is 2. The van der Waals surface area contributed by atoms with E-state index in [1.165, 1.54) is 54.6 Å². The minimum absolute atomic E-state index is 0.603. The van der Waals surface area contributed by atoms with Crippen molar-refractivity contribution in [1.29, 1.82) is 0 Å². The Morgan fingerprint density at radius 2 is 2.00 bits per heavy atom. The fourth-order valence-electron chi connectivity index (χ4n) is 5.00. The second-order valence-electron chi connectivity index (χ2n) is 7.51. The molecule has 2 aromatic rings. The average Bonchev–Trinajstić information content (AvgIpc) is 2.77. The highest BCUT2D eigenvalue weighted by Gasteiger charge is 2.41. The highest BCUT2D eigenvalue weighted by atomic mass is 35.5. The molecule has 2 nitrogen and oxygen atoms in total. The van der Waals surface area contributed by atoms with Gasteiger partial charge >= 0.3 is 0 Å². The number of hydrogen-bond acceptors (Lipinski definition) is 2. The SMILES string of the molecule is Clc1ccc(-c2cc3c4c(c2)[C@H]2CNCC[C@H]2N4CCCC3)c(Cl)c1. The fraction of sp³-hybridized carbons (Fsp3) is 0.429. The highest BCUT2D eigenvalue weighted by molar-refractivity contribution is 6.36. The summed E-state index contributed by atoms with van der Waals surface area (Å²) in [7, 11) is 0. The number of benzene rings is 2. The maximum Gasteiger partial charge on any atom is 0.0499 e. The van der Waals surface area contributed by atoms with E-state index in [0.717, 1.165) is 23.7 Å². The molecule has 1 saturated heterocycles. The molecule has 1 fully saturated rings. The van der Waals surface area contributed by atoms with Crippen LogP contribution in [0.2, 0.25) is 10.0 Å². The predicted octanol–water partition coefficient (Wildman–Crippen LogP) is 5.26. The number of aryl methyl sites for hydroxylation is 1. The zero-order valence-corrected chi connectivity index (χ0v) is 15.7. The Hall–Kier alpha value is -1.22. The van der Waals surface area contributed by atoms with Crippen molar-refractivity contribution in [3.05, 3.63) is 51.5 Å². The molecule has 0 bridgehead atoms. The molecule has 0 amide bonds. The molecular formula is C21H22Cl2N2. The zero-order chi connectivity index (χ0) is 17.0. The van der Waals surface area contributed by atoms with Crippen LogP contribution in [0.3, 0.4) is 0 Å². The van der Waals surface area contributed by atoms with Gasteiger partial charge in [0.2, 0.25) is 0 Å². The summed E-state index contributed by atoms with van der Waals surface area (Å²) in [4.78, 5) is 2.72. The van der Waals surface area contributed by atoms with Gasteiger partial charge in [0, 0.05) is 46.3 Å². The van der Waals surface area contributed by atoms with Crippen LogP contribution in [0.25, 0.3) is 11.1 Å². The summed E-state index contributed by atoms with van der Waals surface area (Å²) < 4.78 is 0. The molecule has 3 aliphatic rings. The normalized spacial score (nSPS) is 24.6. The maximum absolute atomic E-state index is 6.52. The Labute approximate surface area is 159 Å². The summed E-state index contributed by atoms with van der Waals surface area (Å²) in [6.07, 6.45) is 4.98. The molecule has 0 aromatic heterocycles. The molecule has 1 N–H and O–H groups in total. The first-order valence-electron chi connectivity index (χ1n) is 9.32. The predicted molar refractivity (Wildman–Crippen MR) is 106 cm³/mol. The standard InChI is InChI=1S/C21H22Cl2N2/c22-15-4-5-16(19(23)11-15)14-9-13-3-1-2-8-25-20-6-7-24-12-18(20)17(10-14)21(13)25/h4-5,9-11,18,20,24H,1-3,6-8,12H2/t18-,20-/m1/s1. The molecule has 130 valence electrons. The van der Waals surface area contributed by atoms with E-state index in [0.29, 0.717) is 17.0 Å². The highest BCUT2D eigenvalue weighted by Crippen LogP contribution is 2.49. The number of fused-ring (bicyclic) bond motifs is 3. The van der Waals surface area contributed by atoms with E-state index in [9.17, 15) is 0 Å². The number of hydrogen-bond donors (Lipinski definition) is 1. The third-order valence-corrected chi connectivity index (χ3v) is 6.64. The van der Waals surface area contributed by atoms with Gasteiger partial charge in [-0.05, 0) is 73.2 Å². The van der Waals surface area contributed by atoms with Gasteiger partial charge < -0.3 is 10.2 Å². The Morgan fingerprint density at radius 3 is 2.88 bits per heavy atom. The van der Waals surface area contributed by atoms with Gasteiger partial charge in [-0.25, -0.2) is 0 Å². The van der Waals surface area contributed by atoms with E-state index in [4.69, 9.17) is 23.2 Å². The minimum Gasteiger partial charge on any atom is -0.367 e. The van der Waals surface area contributed by atoms with E-state index in [1.807, 2.05) is 12.1 Å². The van der Waals surface area contributed by atoms with Gasteiger partial charge in [0.15, 0.2) is 0 Å². The van der Waals surface area contributed by atoms with Gasteiger partial charge in [0.05, 0.1) is 0 Å². The van der Waals surface area contributed by atoms with Crippen molar-refractivity contribution in [2.24, 2.45) is 0 Å². The lowest BCUT2D eigenvalue weighted by Gasteiger charge is -2.33. The van der Waals surface area contributed by atoms with Gasteiger partial charge in [-0.1, -0.05) is 29.3 Å².